The number of nitrogen functional groups attached to an aromatic ring is 1. The fraction of sp³-hybridized carbons (Fsp3) is 0.667. The van der Waals surface area contributed by atoms with Gasteiger partial charge in [-0.15, -0.1) is 0 Å². The van der Waals surface area contributed by atoms with E-state index in [4.69, 9.17) is 5.84 Å². The van der Waals surface area contributed by atoms with Gasteiger partial charge in [-0.3, -0.25) is 10.3 Å². The van der Waals surface area contributed by atoms with Crippen molar-refractivity contribution in [2.24, 2.45) is 5.84 Å². The van der Waals surface area contributed by atoms with Crippen LogP contribution in [0.1, 0.15) is 25.1 Å². The predicted molar refractivity (Wildman–Crippen MR) is 61.2 cm³/mol. The van der Waals surface area contributed by atoms with E-state index in [0.717, 1.165) is 24.8 Å². The molecular weight excluding hydrogens is 196 g/mol. The molecule has 5 heteroatoms. The van der Waals surface area contributed by atoms with Crippen LogP contribution in [0.15, 0.2) is 6.20 Å². The lowest BCUT2D eigenvalue weighted by molar-refractivity contribution is 0.283. The van der Waals surface area contributed by atoms with Crippen LogP contribution in [0.25, 0.3) is 0 Å². The first kappa shape index (κ1) is 11.4. The Labute approximate surface area is 89.1 Å². The lowest BCUT2D eigenvalue weighted by Crippen LogP contribution is -2.22. The summed E-state index contributed by atoms with van der Waals surface area (Å²) in [6, 6.07) is 0. The van der Waals surface area contributed by atoms with Gasteiger partial charge in [0, 0.05) is 17.6 Å². The summed E-state index contributed by atoms with van der Waals surface area (Å²) in [6.07, 6.45) is 3.08. The number of nitrogens with one attached hydrogen (secondary N) is 1. The standard InChI is InChI=1S/C9H18N4S/c1-3-5-13(4-2)7-8-6-11-9(12-10)14-8/h6H,3-5,7,10H2,1-2H3,(H,11,12). The van der Waals surface area contributed by atoms with E-state index in [0.29, 0.717) is 0 Å². The molecule has 0 unspecified atom stereocenters. The van der Waals surface area contributed by atoms with E-state index in [2.05, 4.69) is 29.2 Å². The van der Waals surface area contributed by atoms with Crippen molar-refractivity contribution in [2.75, 3.05) is 18.5 Å². The molecule has 0 aromatic carbocycles. The molecule has 0 aliphatic rings. The van der Waals surface area contributed by atoms with Crippen molar-refractivity contribution in [2.45, 2.75) is 26.8 Å². The highest BCUT2D eigenvalue weighted by Gasteiger charge is 2.05. The van der Waals surface area contributed by atoms with Crippen LogP contribution in [0.5, 0.6) is 0 Å². The third-order valence-electron chi connectivity index (χ3n) is 2.04. The Balaban J connectivity index is 2.48. The molecule has 80 valence electrons. The number of anilines is 1. The van der Waals surface area contributed by atoms with Gasteiger partial charge in [-0.1, -0.05) is 25.2 Å². The fourth-order valence-corrected chi connectivity index (χ4v) is 2.10. The Hall–Kier alpha value is -0.650. The molecule has 1 aromatic heterocycles. The minimum atomic E-state index is 0.785. The van der Waals surface area contributed by atoms with Crippen LogP contribution in [0.3, 0.4) is 0 Å². The predicted octanol–water partition coefficient (Wildman–Crippen LogP) is 1.66. The van der Waals surface area contributed by atoms with E-state index >= 15 is 0 Å². The minimum absolute atomic E-state index is 0.785. The molecule has 4 nitrogen and oxygen atoms in total. The second-order valence-electron chi connectivity index (χ2n) is 3.14. The van der Waals surface area contributed by atoms with Crippen LogP contribution in [-0.4, -0.2) is 23.0 Å². The molecule has 0 amide bonds. The topological polar surface area (TPSA) is 54.2 Å². The van der Waals surface area contributed by atoms with E-state index in [1.807, 2.05) is 6.20 Å². The van der Waals surface area contributed by atoms with Crippen LogP contribution < -0.4 is 11.3 Å². The van der Waals surface area contributed by atoms with Gasteiger partial charge < -0.3 is 0 Å². The third-order valence-corrected chi connectivity index (χ3v) is 2.96. The summed E-state index contributed by atoms with van der Waals surface area (Å²) < 4.78 is 0. The van der Waals surface area contributed by atoms with Crippen molar-refractivity contribution in [3.05, 3.63) is 11.1 Å². The molecule has 14 heavy (non-hydrogen) atoms. The SMILES string of the molecule is CCCN(CC)Cc1cnc(NN)s1. The van der Waals surface area contributed by atoms with E-state index < -0.39 is 0 Å². The molecule has 0 saturated heterocycles. The zero-order valence-electron chi connectivity index (χ0n) is 8.79. The average molecular weight is 214 g/mol. The smallest absolute Gasteiger partial charge is 0.197 e. The molecular formula is C9H18N4S. The van der Waals surface area contributed by atoms with Crippen molar-refractivity contribution >= 4 is 16.5 Å². The molecule has 0 fully saturated rings. The van der Waals surface area contributed by atoms with Gasteiger partial charge in [-0.25, -0.2) is 10.8 Å². The molecule has 0 bridgehead atoms. The third kappa shape index (κ3) is 3.25. The lowest BCUT2D eigenvalue weighted by Gasteiger charge is -2.17. The Bertz CT molecular complexity index is 261. The normalized spacial score (nSPS) is 10.9. The number of hydrogen-bond donors (Lipinski definition) is 2. The fourth-order valence-electron chi connectivity index (χ4n) is 1.33. The second-order valence-corrected chi connectivity index (χ2v) is 4.26. The number of thiazole rings is 1. The largest absolute Gasteiger partial charge is 0.300 e. The first-order chi connectivity index (χ1) is 6.80. The van der Waals surface area contributed by atoms with Gasteiger partial charge in [0.05, 0.1) is 0 Å². The minimum Gasteiger partial charge on any atom is -0.300 e. The van der Waals surface area contributed by atoms with Crippen molar-refractivity contribution in [3.8, 4) is 0 Å². The highest BCUT2D eigenvalue weighted by molar-refractivity contribution is 7.15. The summed E-state index contributed by atoms with van der Waals surface area (Å²) in [5, 5.41) is 0.785. The summed E-state index contributed by atoms with van der Waals surface area (Å²) in [5.74, 6) is 5.27. The zero-order valence-corrected chi connectivity index (χ0v) is 9.60. The number of nitrogens with zero attached hydrogens (tertiary/aromatic N) is 2. The summed E-state index contributed by atoms with van der Waals surface area (Å²) >= 11 is 1.61. The number of hydrogen-bond acceptors (Lipinski definition) is 5. The van der Waals surface area contributed by atoms with Gasteiger partial charge in [0.1, 0.15) is 0 Å². The quantitative estimate of drug-likeness (QED) is 0.558. The molecule has 0 radical (unpaired) electrons. The number of hydrazine groups is 1. The molecule has 0 atom stereocenters. The molecule has 1 rings (SSSR count). The van der Waals surface area contributed by atoms with Crippen LogP contribution in [0, 0.1) is 0 Å². The van der Waals surface area contributed by atoms with Crippen LogP contribution in [-0.2, 0) is 6.54 Å². The maximum Gasteiger partial charge on any atom is 0.197 e. The first-order valence-electron chi connectivity index (χ1n) is 4.93. The maximum absolute atomic E-state index is 5.27. The Morgan fingerprint density at radius 1 is 1.57 bits per heavy atom. The van der Waals surface area contributed by atoms with E-state index in [1.165, 1.54) is 11.3 Å². The van der Waals surface area contributed by atoms with Gasteiger partial charge in [0.25, 0.3) is 0 Å². The molecule has 3 N–H and O–H groups in total. The number of aromatic nitrogens is 1. The first-order valence-corrected chi connectivity index (χ1v) is 5.75. The van der Waals surface area contributed by atoms with Gasteiger partial charge in [-0.2, -0.15) is 0 Å². The number of rotatable bonds is 6. The lowest BCUT2D eigenvalue weighted by atomic mass is 10.4. The molecule has 0 saturated carbocycles. The number of nitrogens with two attached hydrogens (primary N) is 1. The average Bonchev–Trinajstić information content (AvgIpc) is 2.65. The van der Waals surface area contributed by atoms with Crippen LogP contribution in [0.2, 0.25) is 0 Å². The molecule has 0 aliphatic carbocycles. The van der Waals surface area contributed by atoms with Gasteiger partial charge in [0.15, 0.2) is 5.13 Å². The van der Waals surface area contributed by atoms with Gasteiger partial charge in [0.2, 0.25) is 0 Å². The molecule has 0 aliphatic heterocycles. The van der Waals surface area contributed by atoms with E-state index in [9.17, 15) is 0 Å². The summed E-state index contributed by atoms with van der Waals surface area (Å²) in [4.78, 5) is 7.79. The van der Waals surface area contributed by atoms with Crippen LogP contribution in [0.4, 0.5) is 5.13 Å². The highest BCUT2D eigenvalue weighted by atomic mass is 32.1. The van der Waals surface area contributed by atoms with Gasteiger partial charge >= 0.3 is 0 Å². The zero-order chi connectivity index (χ0) is 10.4. The van der Waals surface area contributed by atoms with Crippen molar-refractivity contribution < 1.29 is 0 Å². The van der Waals surface area contributed by atoms with Crippen molar-refractivity contribution in [1.29, 1.82) is 0 Å². The van der Waals surface area contributed by atoms with E-state index in [1.54, 1.807) is 11.3 Å². The van der Waals surface area contributed by atoms with Gasteiger partial charge in [-0.05, 0) is 19.5 Å². The Morgan fingerprint density at radius 3 is 2.86 bits per heavy atom. The highest BCUT2D eigenvalue weighted by Crippen LogP contribution is 2.18. The summed E-state index contributed by atoms with van der Waals surface area (Å²) in [5.41, 5.74) is 2.56. The second kappa shape index (κ2) is 5.95. The van der Waals surface area contributed by atoms with Crippen molar-refractivity contribution in [3.63, 3.8) is 0 Å². The molecule has 1 heterocycles. The van der Waals surface area contributed by atoms with Crippen molar-refractivity contribution in [1.82, 2.24) is 9.88 Å². The monoisotopic (exact) mass is 214 g/mol. The van der Waals surface area contributed by atoms with E-state index in [-0.39, 0.29) is 0 Å². The molecule has 0 spiro atoms. The van der Waals surface area contributed by atoms with Crippen LogP contribution >= 0.6 is 11.3 Å². The Morgan fingerprint density at radius 2 is 2.36 bits per heavy atom. The molecule has 1 aromatic rings. The summed E-state index contributed by atoms with van der Waals surface area (Å²) in [7, 11) is 0. The summed E-state index contributed by atoms with van der Waals surface area (Å²) in [6.45, 7) is 7.57. The maximum atomic E-state index is 5.27. The Kier molecular flexibility index (Phi) is 4.86.